The van der Waals surface area contributed by atoms with Crippen molar-refractivity contribution >= 4 is 17.3 Å². The van der Waals surface area contributed by atoms with E-state index in [1.807, 2.05) is 0 Å². The number of hydrogen-bond acceptors (Lipinski definition) is 6. The molecule has 0 bridgehead atoms. The monoisotopic (exact) mass is 833 g/mol. The number of aliphatic hydroxyl groups is 3. The second-order valence-electron chi connectivity index (χ2n) is 18.3. The van der Waals surface area contributed by atoms with Crippen molar-refractivity contribution in [3.05, 3.63) is 12.2 Å². The Balaban J connectivity index is 4.28. The Hall–Kier alpha value is -1.37. The normalized spacial score (nSPS) is 12.8. The van der Waals surface area contributed by atoms with Crippen LogP contribution >= 0.6 is 0 Å². The molecule has 0 rings (SSSR count). The molecule has 0 spiro atoms. The molecular weight excluding hydrogens is 733 g/mol. The lowest BCUT2D eigenvalue weighted by atomic mass is 9.87. The van der Waals surface area contributed by atoms with E-state index >= 15 is 0 Å². The Morgan fingerprint density at radius 3 is 0.966 bits per heavy atom. The summed E-state index contributed by atoms with van der Waals surface area (Å²) >= 11 is 0. The van der Waals surface area contributed by atoms with Gasteiger partial charge >= 0.3 is 0 Å². The molecule has 0 amide bonds. The van der Waals surface area contributed by atoms with Crippen LogP contribution < -0.4 is 0 Å². The quantitative estimate of drug-likeness (QED) is 0.0320. The van der Waals surface area contributed by atoms with Gasteiger partial charge in [-0.1, -0.05) is 225 Å². The van der Waals surface area contributed by atoms with E-state index in [0.717, 1.165) is 83.5 Å². The van der Waals surface area contributed by atoms with E-state index in [9.17, 15) is 24.6 Å². The number of carbonyl (C=O) groups is 3. The molecule has 0 heterocycles. The SMILES string of the molecule is CCCCCCCCCCCCCCCC(=O)C(CCCCCCC/C=C\CCCCCCCC(=O)C(O)C(O)CO)C(=O)CCCCCCCCCCCCCCC. The van der Waals surface area contributed by atoms with Crippen LogP contribution in [0, 0.1) is 5.92 Å². The van der Waals surface area contributed by atoms with Gasteiger partial charge in [0.05, 0.1) is 12.5 Å². The van der Waals surface area contributed by atoms with Crippen molar-refractivity contribution < 1.29 is 29.7 Å². The van der Waals surface area contributed by atoms with Crippen LogP contribution in [0.3, 0.4) is 0 Å². The highest BCUT2D eigenvalue weighted by atomic mass is 16.4. The molecule has 0 saturated heterocycles. The first-order chi connectivity index (χ1) is 28.9. The molecule has 0 fully saturated rings. The van der Waals surface area contributed by atoms with Gasteiger partial charge < -0.3 is 15.3 Å². The van der Waals surface area contributed by atoms with Crippen molar-refractivity contribution in [2.24, 2.45) is 5.92 Å². The highest BCUT2D eigenvalue weighted by Crippen LogP contribution is 2.22. The van der Waals surface area contributed by atoms with Crippen LogP contribution in [0.5, 0.6) is 0 Å². The molecule has 0 aliphatic rings. The van der Waals surface area contributed by atoms with E-state index in [4.69, 9.17) is 5.11 Å². The van der Waals surface area contributed by atoms with Crippen LogP contribution in [0.15, 0.2) is 12.2 Å². The molecule has 2 atom stereocenters. The van der Waals surface area contributed by atoms with Gasteiger partial charge in [0.2, 0.25) is 0 Å². The number of allylic oxidation sites excluding steroid dienone is 2. The number of unbranched alkanes of at least 4 members (excludes halogenated alkanes) is 34. The van der Waals surface area contributed by atoms with Gasteiger partial charge in [0, 0.05) is 19.3 Å². The molecule has 0 aromatic rings. The van der Waals surface area contributed by atoms with Crippen molar-refractivity contribution in [3.8, 4) is 0 Å². The molecule has 0 aliphatic carbocycles. The topological polar surface area (TPSA) is 112 Å². The minimum Gasteiger partial charge on any atom is -0.394 e. The standard InChI is InChI=1S/C53H100O6/c1-3-5-7-9-11-13-15-19-24-28-32-36-40-44-49(55)48(50(56)45-41-37-33-29-25-20-16-14-12-10-8-6-4-2)43-39-35-31-27-23-21-17-18-22-26-30-34-38-42-46-51(57)53(59)52(58)47-54/h17-18,48,52-54,58-59H,3-16,19-47H2,1-2H3/b18-17-. The molecule has 0 saturated carbocycles. The van der Waals surface area contributed by atoms with Gasteiger partial charge in [0.15, 0.2) is 5.78 Å². The predicted molar refractivity (Wildman–Crippen MR) is 252 cm³/mol. The van der Waals surface area contributed by atoms with Crippen LogP contribution in [-0.2, 0) is 14.4 Å². The highest BCUT2D eigenvalue weighted by molar-refractivity contribution is 6.02. The van der Waals surface area contributed by atoms with E-state index in [1.54, 1.807) is 0 Å². The van der Waals surface area contributed by atoms with Gasteiger partial charge in [-0.05, 0) is 51.4 Å². The third-order valence-electron chi connectivity index (χ3n) is 12.5. The first-order valence-electron chi connectivity index (χ1n) is 26.1. The van der Waals surface area contributed by atoms with E-state index in [-0.39, 0.29) is 23.9 Å². The summed E-state index contributed by atoms with van der Waals surface area (Å²) in [6, 6.07) is 0. The summed E-state index contributed by atoms with van der Waals surface area (Å²) in [5, 5.41) is 27.8. The first-order valence-corrected chi connectivity index (χ1v) is 26.1. The number of ketones is 3. The van der Waals surface area contributed by atoms with E-state index < -0.39 is 24.6 Å². The minimum absolute atomic E-state index is 0.225. The first kappa shape index (κ1) is 57.6. The Labute approximate surface area is 366 Å². The largest absolute Gasteiger partial charge is 0.394 e. The maximum absolute atomic E-state index is 13.4. The maximum atomic E-state index is 13.4. The summed E-state index contributed by atoms with van der Waals surface area (Å²) in [5.41, 5.74) is 0. The van der Waals surface area contributed by atoms with Crippen LogP contribution in [-0.4, -0.2) is 51.5 Å². The summed E-state index contributed by atoms with van der Waals surface area (Å²) < 4.78 is 0. The number of rotatable bonds is 49. The van der Waals surface area contributed by atoms with E-state index in [2.05, 4.69) is 26.0 Å². The molecule has 2 unspecified atom stereocenters. The molecule has 3 N–H and O–H groups in total. The summed E-state index contributed by atoms with van der Waals surface area (Å²) in [7, 11) is 0. The van der Waals surface area contributed by atoms with Gasteiger partial charge in [-0.15, -0.1) is 0 Å². The average molecular weight is 833 g/mol. The highest BCUT2D eigenvalue weighted by Gasteiger charge is 2.25. The minimum atomic E-state index is -1.48. The average Bonchev–Trinajstić information content (AvgIpc) is 3.24. The molecule has 0 aromatic heterocycles. The molecule has 0 aromatic carbocycles. The van der Waals surface area contributed by atoms with E-state index in [1.165, 1.54) is 161 Å². The van der Waals surface area contributed by atoms with Crippen LogP contribution in [0.1, 0.15) is 284 Å². The molecular formula is C53H100O6. The lowest BCUT2D eigenvalue weighted by Crippen LogP contribution is -2.36. The summed E-state index contributed by atoms with van der Waals surface area (Å²) in [6.07, 6.45) is 50.4. The van der Waals surface area contributed by atoms with Gasteiger partial charge in [-0.2, -0.15) is 0 Å². The lowest BCUT2D eigenvalue weighted by molar-refractivity contribution is -0.135. The second kappa shape index (κ2) is 46.1. The van der Waals surface area contributed by atoms with Gasteiger partial charge in [-0.3, -0.25) is 14.4 Å². The summed E-state index contributed by atoms with van der Waals surface area (Å²) in [4.78, 5) is 38.6. The second-order valence-corrected chi connectivity index (χ2v) is 18.3. The van der Waals surface area contributed by atoms with Crippen molar-refractivity contribution in [1.82, 2.24) is 0 Å². The number of aliphatic hydroxyl groups excluding tert-OH is 3. The van der Waals surface area contributed by atoms with Gasteiger partial charge in [-0.25, -0.2) is 0 Å². The summed E-state index contributed by atoms with van der Waals surface area (Å²) in [6.45, 7) is 3.95. The third kappa shape index (κ3) is 39.2. The third-order valence-corrected chi connectivity index (χ3v) is 12.5. The Bertz CT molecular complexity index is 904. The van der Waals surface area contributed by atoms with Crippen LogP contribution in [0.4, 0.5) is 0 Å². The molecule has 0 radical (unpaired) electrons. The van der Waals surface area contributed by atoms with Crippen molar-refractivity contribution in [3.63, 3.8) is 0 Å². The zero-order chi connectivity index (χ0) is 43.3. The molecule has 6 nitrogen and oxygen atoms in total. The number of Topliss-reactive ketones (excluding diaryl/α,β-unsaturated/α-hetero) is 3. The fourth-order valence-electron chi connectivity index (χ4n) is 8.41. The van der Waals surface area contributed by atoms with Crippen LogP contribution in [0.2, 0.25) is 0 Å². The van der Waals surface area contributed by atoms with Gasteiger partial charge in [0.1, 0.15) is 23.8 Å². The summed E-state index contributed by atoms with van der Waals surface area (Å²) in [5.74, 6) is -0.311. The Morgan fingerprint density at radius 2 is 0.644 bits per heavy atom. The lowest BCUT2D eigenvalue weighted by Gasteiger charge is -2.15. The predicted octanol–water partition coefficient (Wildman–Crippen LogP) is 15.0. The number of hydrogen-bond donors (Lipinski definition) is 3. The molecule has 348 valence electrons. The Morgan fingerprint density at radius 1 is 0.373 bits per heavy atom. The fraction of sp³-hybridized carbons (Fsp3) is 0.906. The fourth-order valence-corrected chi connectivity index (χ4v) is 8.41. The van der Waals surface area contributed by atoms with Gasteiger partial charge in [0.25, 0.3) is 0 Å². The van der Waals surface area contributed by atoms with Crippen molar-refractivity contribution in [1.29, 1.82) is 0 Å². The molecule has 6 heteroatoms. The zero-order valence-corrected chi connectivity index (χ0v) is 39.4. The smallest absolute Gasteiger partial charge is 0.164 e. The zero-order valence-electron chi connectivity index (χ0n) is 39.4. The van der Waals surface area contributed by atoms with Crippen molar-refractivity contribution in [2.45, 2.75) is 296 Å². The maximum Gasteiger partial charge on any atom is 0.164 e. The van der Waals surface area contributed by atoms with E-state index in [0.29, 0.717) is 19.3 Å². The molecule has 59 heavy (non-hydrogen) atoms. The number of carbonyl (C=O) groups excluding carboxylic acids is 3. The Kier molecular flexibility index (Phi) is 45.1. The van der Waals surface area contributed by atoms with Crippen LogP contribution in [0.25, 0.3) is 0 Å². The van der Waals surface area contributed by atoms with Crippen molar-refractivity contribution in [2.75, 3.05) is 6.61 Å². The molecule has 0 aliphatic heterocycles.